The molecule has 6 heteroatoms. The minimum atomic E-state index is -1.02. The number of hydrogen-bond acceptors (Lipinski definition) is 4. The monoisotopic (exact) mass is 340 g/mol. The van der Waals surface area contributed by atoms with Crippen molar-refractivity contribution in [2.24, 2.45) is 0 Å². The lowest BCUT2D eigenvalue weighted by Crippen LogP contribution is -2.43. The van der Waals surface area contributed by atoms with Gasteiger partial charge in [-0.2, -0.15) is 0 Å². The summed E-state index contributed by atoms with van der Waals surface area (Å²) in [6.07, 6.45) is 0.585. The number of carbonyl (C=O) groups is 2. The van der Waals surface area contributed by atoms with Crippen molar-refractivity contribution >= 4 is 17.6 Å². The average molecular weight is 340 g/mol. The molecule has 0 spiro atoms. The van der Waals surface area contributed by atoms with E-state index in [1.54, 1.807) is 12.1 Å². The Morgan fingerprint density at radius 2 is 1.92 bits per heavy atom. The number of nitrogens with zero attached hydrogens (tertiary/aromatic N) is 1. The van der Waals surface area contributed by atoms with Gasteiger partial charge in [-0.25, -0.2) is 4.79 Å². The first-order chi connectivity index (χ1) is 12.1. The van der Waals surface area contributed by atoms with Crippen molar-refractivity contribution in [3.8, 4) is 5.75 Å². The van der Waals surface area contributed by atoms with E-state index in [1.807, 2.05) is 48.2 Å². The molecule has 25 heavy (non-hydrogen) atoms. The van der Waals surface area contributed by atoms with Crippen molar-refractivity contribution in [1.82, 2.24) is 4.90 Å². The Kier molecular flexibility index (Phi) is 4.88. The molecule has 0 saturated heterocycles. The van der Waals surface area contributed by atoms with Gasteiger partial charge in [-0.3, -0.25) is 4.79 Å². The maximum absolute atomic E-state index is 12.8. The molecule has 0 saturated carbocycles. The molecule has 0 fully saturated rings. The van der Waals surface area contributed by atoms with Gasteiger partial charge >= 0.3 is 5.97 Å². The van der Waals surface area contributed by atoms with E-state index in [2.05, 4.69) is 5.32 Å². The second kappa shape index (κ2) is 7.25. The number of fused-ring (bicyclic) bond motifs is 1. The number of carboxylic acid groups (broad SMARTS) is 1. The second-order valence-corrected chi connectivity index (χ2v) is 5.84. The number of benzene rings is 2. The molecular formula is C19H20N2O4. The molecule has 1 amide bonds. The first-order valence-corrected chi connectivity index (χ1v) is 8.21. The van der Waals surface area contributed by atoms with Gasteiger partial charge in [0.25, 0.3) is 5.91 Å². The molecule has 1 heterocycles. The van der Waals surface area contributed by atoms with Gasteiger partial charge in [0, 0.05) is 12.2 Å². The molecular weight excluding hydrogens is 320 g/mol. The third-order valence-corrected chi connectivity index (χ3v) is 4.04. The number of carboxylic acids is 1. The second-order valence-electron chi connectivity index (χ2n) is 5.84. The minimum Gasteiger partial charge on any atom is -0.482 e. The fourth-order valence-electron chi connectivity index (χ4n) is 2.92. The first-order valence-electron chi connectivity index (χ1n) is 8.21. The predicted octanol–water partition coefficient (Wildman–Crippen LogP) is 3.13. The average Bonchev–Trinajstić information content (AvgIpc) is 2.63. The van der Waals surface area contributed by atoms with Gasteiger partial charge in [0.15, 0.2) is 6.61 Å². The number of anilines is 1. The lowest BCUT2D eigenvalue weighted by Gasteiger charge is -2.38. The molecule has 2 aromatic carbocycles. The number of rotatable bonds is 6. The summed E-state index contributed by atoms with van der Waals surface area (Å²) >= 11 is 0. The van der Waals surface area contributed by atoms with Gasteiger partial charge in [-0.1, -0.05) is 31.2 Å². The van der Waals surface area contributed by atoms with Crippen molar-refractivity contribution in [1.29, 1.82) is 0 Å². The highest BCUT2D eigenvalue weighted by Crippen LogP contribution is 2.33. The van der Waals surface area contributed by atoms with Crippen molar-refractivity contribution < 1.29 is 19.4 Å². The van der Waals surface area contributed by atoms with Crippen LogP contribution in [-0.4, -0.2) is 35.0 Å². The zero-order valence-electron chi connectivity index (χ0n) is 13.9. The van der Waals surface area contributed by atoms with E-state index < -0.39 is 5.97 Å². The van der Waals surface area contributed by atoms with Gasteiger partial charge in [-0.05, 0) is 36.2 Å². The largest absolute Gasteiger partial charge is 0.482 e. The molecule has 0 bridgehead atoms. The molecule has 6 nitrogen and oxygen atoms in total. The van der Waals surface area contributed by atoms with Crippen LogP contribution in [0.4, 0.5) is 5.69 Å². The number of amides is 1. The zero-order valence-corrected chi connectivity index (χ0v) is 13.9. The number of hydrogen-bond donors (Lipinski definition) is 2. The molecule has 2 aromatic rings. The number of para-hydroxylation sites is 1. The van der Waals surface area contributed by atoms with Crippen LogP contribution < -0.4 is 10.1 Å². The summed E-state index contributed by atoms with van der Waals surface area (Å²) in [6, 6.07) is 14.6. The quantitative estimate of drug-likeness (QED) is 0.845. The summed E-state index contributed by atoms with van der Waals surface area (Å²) in [6.45, 7) is 2.30. The lowest BCUT2D eigenvalue weighted by atomic mass is 10.0. The van der Waals surface area contributed by atoms with E-state index in [0.717, 1.165) is 17.7 Å². The number of nitrogens with one attached hydrogen (secondary N) is 1. The van der Waals surface area contributed by atoms with Crippen LogP contribution in [0.15, 0.2) is 48.5 Å². The van der Waals surface area contributed by atoms with Crippen LogP contribution >= 0.6 is 0 Å². The van der Waals surface area contributed by atoms with Gasteiger partial charge in [0.1, 0.15) is 11.9 Å². The fraction of sp³-hybridized carbons (Fsp3) is 0.263. The topological polar surface area (TPSA) is 78.9 Å². The SMILES string of the molecule is CCCN1C(=O)c2ccccc2N[C@@H]1c1ccc(OCC(=O)O)cc1. The van der Waals surface area contributed by atoms with Crippen LogP contribution in [0.2, 0.25) is 0 Å². The standard InChI is InChI=1S/C19H20N2O4/c1-2-11-21-18(20-16-6-4-3-5-15(16)19(21)24)13-7-9-14(10-8-13)25-12-17(22)23/h3-10,18,20H,2,11-12H2,1H3,(H,22,23)/t18-/m0/s1. The number of aliphatic carboxylic acids is 1. The van der Waals surface area contributed by atoms with E-state index in [-0.39, 0.29) is 18.7 Å². The van der Waals surface area contributed by atoms with Crippen LogP contribution in [-0.2, 0) is 4.79 Å². The molecule has 130 valence electrons. The highest BCUT2D eigenvalue weighted by atomic mass is 16.5. The van der Waals surface area contributed by atoms with E-state index >= 15 is 0 Å². The summed E-state index contributed by atoms with van der Waals surface area (Å²) in [4.78, 5) is 25.2. The summed E-state index contributed by atoms with van der Waals surface area (Å²) in [5.74, 6) is -0.530. The fourth-order valence-corrected chi connectivity index (χ4v) is 2.92. The molecule has 0 aromatic heterocycles. The van der Waals surface area contributed by atoms with Crippen LogP contribution in [0.25, 0.3) is 0 Å². The van der Waals surface area contributed by atoms with E-state index in [4.69, 9.17) is 9.84 Å². The Labute approximate surface area is 146 Å². The Morgan fingerprint density at radius 1 is 1.20 bits per heavy atom. The van der Waals surface area contributed by atoms with Gasteiger partial charge in [0.2, 0.25) is 0 Å². The van der Waals surface area contributed by atoms with E-state index in [9.17, 15) is 9.59 Å². The number of carbonyl (C=O) groups excluding carboxylic acids is 1. The summed E-state index contributed by atoms with van der Waals surface area (Å²) in [5, 5.41) is 12.1. The first kappa shape index (κ1) is 16.8. The molecule has 1 aliphatic rings. The highest BCUT2D eigenvalue weighted by molar-refractivity contribution is 6.01. The minimum absolute atomic E-state index is 0.00686. The van der Waals surface area contributed by atoms with Gasteiger partial charge < -0.3 is 20.1 Å². The summed E-state index contributed by atoms with van der Waals surface area (Å²) in [7, 11) is 0. The predicted molar refractivity (Wildman–Crippen MR) is 93.7 cm³/mol. The Hall–Kier alpha value is -3.02. The Morgan fingerprint density at radius 3 is 2.60 bits per heavy atom. The Bertz CT molecular complexity index is 773. The van der Waals surface area contributed by atoms with Crippen molar-refractivity contribution in [3.63, 3.8) is 0 Å². The van der Waals surface area contributed by atoms with Gasteiger partial charge in [0.05, 0.1) is 5.56 Å². The molecule has 1 aliphatic heterocycles. The normalized spacial score (nSPS) is 16.1. The third kappa shape index (κ3) is 3.57. The maximum atomic E-state index is 12.8. The van der Waals surface area contributed by atoms with Crippen molar-refractivity contribution in [2.75, 3.05) is 18.5 Å². The smallest absolute Gasteiger partial charge is 0.341 e. The molecule has 1 atom stereocenters. The van der Waals surface area contributed by atoms with Gasteiger partial charge in [-0.15, -0.1) is 0 Å². The van der Waals surface area contributed by atoms with Crippen molar-refractivity contribution in [3.05, 3.63) is 59.7 Å². The van der Waals surface area contributed by atoms with Crippen LogP contribution in [0.1, 0.15) is 35.4 Å². The summed E-state index contributed by atoms with van der Waals surface area (Å²) < 4.78 is 5.16. The molecule has 0 radical (unpaired) electrons. The highest BCUT2D eigenvalue weighted by Gasteiger charge is 2.32. The zero-order chi connectivity index (χ0) is 17.8. The van der Waals surface area contributed by atoms with Crippen LogP contribution in [0.3, 0.4) is 0 Å². The third-order valence-electron chi connectivity index (χ3n) is 4.04. The lowest BCUT2D eigenvalue weighted by molar-refractivity contribution is -0.139. The van der Waals surface area contributed by atoms with Crippen LogP contribution in [0.5, 0.6) is 5.75 Å². The van der Waals surface area contributed by atoms with Crippen LogP contribution in [0, 0.1) is 0 Å². The Balaban J connectivity index is 1.86. The molecule has 2 N–H and O–H groups in total. The number of ether oxygens (including phenoxy) is 1. The molecule has 3 rings (SSSR count). The van der Waals surface area contributed by atoms with E-state index in [0.29, 0.717) is 17.9 Å². The summed E-state index contributed by atoms with van der Waals surface area (Å²) in [5.41, 5.74) is 2.41. The maximum Gasteiger partial charge on any atom is 0.341 e. The molecule has 0 unspecified atom stereocenters. The molecule has 0 aliphatic carbocycles. The van der Waals surface area contributed by atoms with Crippen molar-refractivity contribution in [2.45, 2.75) is 19.5 Å². The van der Waals surface area contributed by atoms with E-state index in [1.165, 1.54) is 0 Å².